The van der Waals surface area contributed by atoms with Crippen LogP contribution in [0.15, 0.2) is 40.9 Å². The first-order chi connectivity index (χ1) is 9.76. The molecule has 1 aliphatic carbocycles. The number of hydrogen-bond acceptors (Lipinski definition) is 1. The molecule has 2 aromatic rings. The molecule has 1 N–H and O–H groups in total. The summed E-state index contributed by atoms with van der Waals surface area (Å²) in [7, 11) is 0. The van der Waals surface area contributed by atoms with Crippen LogP contribution in [-0.2, 0) is 0 Å². The maximum atomic E-state index is 3.78. The second-order valence-electron chi connectivity index (χ2n) is 5.91. The lowest BCUT2D eigenvalue weighted by molar-refractivity contribution is 0.317. The summed E-state index contributed by atoms with van der Waals surface area (Å²) in [6.45, 7) is 2.32. The van der Waals surface area contributed by atoms with Crippen LogP contribution in [0.2, 0.25) is 0 Å². The Kier molecular flexibility index (Phi) is 4.30. The van der Waals surface area contributed by atoms with Gasteiger partial charge in [0.15, 0.2) is 0 Å². The zero-order valence-electron chi connectivity index (χ0n) is 12.0. The number of fused-ring (bicyclic) bond motifs is 1. The lowest BCUT2D eigenvalue weighted by Crippen LogP contribution is -2.31. The SMILES string of the molecule is CCC1CCCCC1Nc1ccc2cc(Br)ccc2c1. The van der Waals surface area contributed by atoms with E-state index in [4.69, 9.17) is 0 Å². The Morgan fingerprint density at radius 2 is 1.80 bits per heavy atom. The van der Waals surface area contributed by atoms with E-state index in [0.717, 1.165) is 10.4 Å². The van der Waals surface area contributed by atoms with E-state index >= 15 is 0 Å². The molecular weight excluding hydrogens is 310 g/mol. The highest BCUT2D eigenvalue weighted by atomic mass is 79.9. The summed E-state index contributed by atoms with van der Waals surface area (Å²) in [6, 6.07) is 13.8. The molecule has 0 bridgehead atoms. The Balaban J connectivity index is 1.81. The first-order valence-electron chi connectivity index (χ1n) is 7.72. The van der Waals surface area contributed by atoms with Crippen LogP contribution in [-0.4, -0.2) is 6.04 Å². The topological polar surface area (TPSA) is 12.0 Å². The summed E-state index contributed by atoms with van der Waals surface area (Å²) >= 11 is 3.53. The number of benzene rings is 2. The fraction of sp³-hybridized carbons (Fsp3) is 0.444. The average Bonchev–Trinajstić information content (AvgIpc) is 2.48. The van der Waals surface area contributed by atoms with E-state index in [9.17, 15) is 0 Å². The third-order valence-electron chi connectivity index (χ3n) is 4.59. The van der Waals surface area contributed by atoms with Crippen LogP contribution in [0.3, 0.4) is 0 Å². The predicted molar refractivity (Wildman–Crippen MR) is 91.3 cm³/mol. The fourth-order valence-corrected chi connectivity index (χ4v) is 3.79. The van der Waals surface area contributed by atoms with Gasteiger partial charge < -0.3 is 5.32 Å². The third kappa shape index (κ3) is 3.01. The molecule has 0 aliphatic heterocycles. The molecule has 106 valence electrons. The van der Waals surface area contributed by atoms with Crippen molar-refractivity contribution in [3.63, 3.8) is 0 Å². The highest BCUT2D eigenvalue weighted by molar-refractivity contribution is 9.10. The summed E-state index contributed by atoms with van der Waals surface area (Å²) in [4.78, 5) is 0. The molecule has 3 rings (SSSR count). The Bertz CT molecular complexity index is 593. The van der Waals surface area contributed by atoms with E-state index in [1.807, 2.05) is 0 Å². The molecule has 2 unspecified atom stereocenters. The molecule has 1 saturated carbocycles. The van der Waals surface area contributed by atoms with Gasteiger partial charge in [-0.3, -0.25) is 0 Å². The summed E-state index contributed by atoms with van der Waals surface area (Å²) in [5.41, 5.74) is 1.27. The van der Waals surface area contributed by atoms with E-state index < -0.39 is 0 Å². The maximum Gasteiger partial charge on any atom is 0.0348 e. The molecule has 0 amide bonds. The Hall–Kier alpha value is -1.02. The third-order valence-corrected chi connectivity index (χ3v) is 5.08. The van der Waals surface area contributed by atoms with Gasteiger partial charge in [0.25, 0.3) is 0 Å². The first kappa shape index (κ1) is 13.9. The van der Waals surface area contributed by atoms with Gasteiger partial charge in [0, 0.05) is 16.2 Å². The molecular formula is C18H22BrN. The summed E-state index contributed by atoms with van der Waals surface area (Å²) in [5.74, 6) is 0.837. The van der Waals surface area contributed by atoms with Crippen LogP contribution in [0.5, 0.6) is 0 Å². The van der Waals surface area contributed by atoms with Crippen LogP contribution < -0.4 is 5.32 Å². The van der Waals surface area contributed by atoms with Crippen LogP contribution in [0.4, 0.5) is 5.69 Å². The van der Waals surface area contributed by atoms with Crippen LogP contribution in [0, 0.1) is 5.92 Å². The van der Waals surface area contributed by atoms with E-state index in [1.54, 1.807) is 0 Å². The first-order valence-corrected chi connectivity index (χ1v) is 8.51. The molecule has 0 saturated heterocycles. The zero-order valence-corrected chi connectivity index (χ0v) is 13.6. The number of anilines is 1. The minimum Gasteiger partial charge on any atom is -0.382 e. The Labute approximate surface area is 129 Å². The number of halogens is 1. The standard InChI is InChI=1S/C18H22BrN/c1-2-13-5-3-4-6-18(13)20-17-10-8-14-11-16(19)9-7-15(14)12-17/h7-13,18,20H,2-6H2,1H3. The molecule has 1 nitrogen and oxygen atoms in total. The van der Waals surface area contributed by atoms with Gasteiger partial charge in [0.1, 0.15) is 0 Å². The van der Waals surface area contributed by atoms with Crippen molar-refractivity contribution >= 4 is 32.4 Å². The summed E-state index contributed by atoms with van der Waals surface area (Å²) < 4.78 is 1.14. The number of rotatable bonds is 3. The monoisotopic (exact) mass is 331 g/mol. The van der Waals surface area contributed by atoms with Crippen molar-refractivity contribution in [2.45, 2.75) is 45.1 Å². The normalized spacial score (nSPS) is 22.9. The van der Waals surface area contributed by atoms with Gasteiger partial charge in [-0.25, -0.2) is 0 Å². The maximum absolute atomic E-state index is 3.78. The minimum atomic E-state index is 0.654. The molecule has 1 fully saturated rings. The van der Waals surface area contributed by atoms with Crippen molar-refractivity contribution in [2.75, 3.05) is 5.32 Å². The largest absolute Gasteiger partial charge is 0.382 e. The Morgan fingerprint density at radius 1 is 1.05 bits per heavy atom. The summed E-state index contributed by atoms with van der Waals surface area (Å²) in [6.07, 6.45) is 6.76. The quantitative estimate of drug-likeness (QED) is 0.729. The van der Waals surface area contributed by atoms with Gasteiger partial charge in [-0.15, -0.1) is 0 Å². The zero-order chi connectivity index (χ0) is 13.9. The van der Waals surface area contributed by atoms with Crippen molar-refractivity contribution in [1.82, 2.24) is 0 Å². The van der Waals surface area contributed by atoms with Gasteiger partial charge in [-0.05, 0) is 53.8 Å². The summed E-state index contributed by atoms with van der Waals surface area (Å²) in [5, 5.41) is 6.38. The lowest BCUT2D eigenvalue weighted by Gasteiger charge is -2.32. The molecule has 2 heteroatoms. The van der Waals surface area contributed by atoms with Gasteiger partial charge in [0.2, 0.25) is 0 Å². The molecule has 0 spiro atoms. The molecule has 0 radical (unpaired) electrons. The van der Waals surface area contributed by atoms with Crippen LogP contribution in [0.25, 0.3) is 10.8 Å². The molecule has 0 heterocycles. The van der Waals surface area contributed by atoms with Crippen molar-refractivity contribution in [3.8, 4) is 0 Å². The van der Waals surface area contributed by atoms with Gasteiger partial charge in [-0.2, -0.15) is 0 Å². The molecule has 2 atom stereocenters. The highest BCUT2D eigenvalue weighted by Gasteiger charge is 2.23. The number of nitrogens with one attached hydrogen (secondary N) is 1. The van der Waals surface area contributed by atoms with E-state index in [0.29, 0.717) is 6.04 Å². The van der Waals surface area contributed by atoms with Crippen LogP contribution >= 0.6 is 15.9 Å². The van der Waals surface area contributed by atoms with Crippen molar-refractivity contribution in [2.24, 2.45) is 5.92 Å². The second-order valence-corrected chi connectivity index (χ2v) is 6.83. The smallest absolute Gasteiger partial charge is 0.0348 e. The molecule has 20 heavy (non-hydrogen) atoms. The van der Waals surface area contributed by atoms with Crippen LogP contribution in [0.1, 0.15) is 39.0 Å². The second kappa shape index (κ2) is 6.17. The minimum absolute atomic E-state index is 0.654. The molecule has 0 aromatic heterocycles. The number of hydrogen-bond donors (Lipinski definition) is 1. The van der Waals surface area contributed by atoms with E-state index in [-0.39, 0.29) is 0 Å². The lowest BCUT2D eigenvalue weighted by atomic mass is 9.83. The highest BCUT2D eigenvalue weighted by Crippen LogP contribution is 2.30. The van der Waals surface area contributed by atoms with E-state index in [2.05, 4.69) is 64.6 Å². The van der Waals surface area contributed by atoms with Crippen molar-refractivity contribution in [3.05, 3.63) is 40.9 Å². The van der Waals surface area contributed by atoms with Gasteiger partial charge in [0.05, 0.1) is 0 Å². The van der Waals surface area contributed by atoms with Gasteiger partial charge in [-0.1, -0.05) is 54.2 Å². The van der Waals surface area contributed by atoms with E-state index in [1.165, 1.54) is 48.6 Å². The molecule has 2 aromatic carbocycles. The van der Waals surface area contributed by atoms with Crippen molar-refractivity contribution < 1.29 is 0 Å². The average molecular weight is 332 g/mol. The fourth-order valence-electron chi connectivity index (χ4n) is 3.41. The van der Waals surface area contributed by atoms with Crippen molar-refractivity contribution in [1.29, 1.82) is 0 Å². The predicted octanol–water partition coefficient (Wildman–Crippen LogP) is 5.98. The Morgan fingerprint density at radius 3 is 2.65 bits per heavy atom. The molecule has 1 aliphatic rings. The van der Waals surface area contributed by atoms with Gasteiger partial charge >= 0.3 is 0 Å².